The minimum absolute atomic E-state index is 0.0473. The third-order valence-electron chi connectivity index (χ3n) is 4.62. The second-order valence-electron chi connectivity index (χ2n) is 6.53. The lowest BCUT2D eigenvalue weighted by Gasteiger charge is -2.15. The van der Waals surface area contributed by atoms with Gasteiger partial charge in [0.2, 0.25) is 11.7 Å². The smallest absolute Gasteiger partial charge is 0.251 e. The van der Waals surface area contributed by atoms with E-state index >= 15 is 0 Å². The van der Waals surface area contributed by atoms with E-state index in [0.29, 0.717) is 34.3 Å². The molecule has 10 nitrogen and oxygen atoms in total. The molecule has 3 N–H and O–H groups in total. The van der Waals surface area contributed by atoms with Gasteiger partial charge in [0.25, 0.3) is 5.91 Å². The first-order chi connectivity index (χ1) is 15.4. The topological polar surface area (TPSA) is 125 Å². The minimum Gasteiger partial charge on any atom is -0.493 e. The van der Waals surface area contributed by atoms with Crippen LogP contribution in [0.1, 0.15) is 22.0 Å². The Kier molecular flexibility index (Phi) is 8.96. The first-order valence-electron chi connectivity index (χ1n) is 9.63. The zero-order chi connectivity index (χ0) is 23.7. The van der Waals surface area contributed by atoms with Crippen molar-refractivity contribution in [1.29, 1.82) is 0 Å². The molecule has 2 aromatic rings. The SMILES string of the molecule is COc1ccc(C(O)CNC(=O)CNC(=O)c2cc(OC)c(OC)c(OC)c2)cc1OC. The minimum atomic E-state index is -0.968. The molecule has 1 atom stereocenters. The number of benzene rings is 2. The van der Waals surface area contributed by atoms with Crippen molar-refractivity contribution >= 4 is 11.8 Å². The molecular weight excluding hydrogens is 420 g/mol. The molecule has 0 bridgehead atoms. The van der Waals surface area contributed by atoms with E-state index in [0.717, 1.165) is 0 Å². The predicted molar refractivity (Wildman–Crippen MR) is 116 cm³/mol. The number of hydrogen-bond donors (Lipinski definition) is 3. The highest BCUT2D eigenvalue weighted by atomic mass is 16.5. The van der Waals surface area contributed by atoms with Crippen LogP contribution in [0.25, 0.3) is 0 Å². The van der Waals surface area contributed by atoms with Crippen molar-refractivity contribution in [3.63, 3.8) is 0 Å². The molecule has 0 radical (unpaired) electrons. The monoisotopic (exact) mass is 448 g/mol. The van der Waals surface area contributed by atoms with Crippen LogP contribution < -0.4 is 34.3 Å². The summed E-state index contributed by atoms with van der Waals surface area (Å²) in [6, 6.07) is 7.92. The molecule has 0 aromatic heterocycles. The lowest BCUT2D eigenvalue weighted by molar-refractivity contribution is -0.120. The molecule has 1 unspecified atom stereocenters. The van der Waals surface area contributed by atoms with Crippen molar-refractivity contribution < 1.29 is 38.4 Å². The van der Waals surface area contributed by atoms with Crippen LogP contribution in [0.15, 0.2) is 30.3 Å². The maximum atomic E-state index is 12.5. The van der Waals surface area contributed by atoms with Crippen LogP contribution in [0.4, 0.5) is 0 Å². The van der Waals surface area contributed by atoms with Gasteiger partial charge < -0.3 is 39.4 Å². The number of carbonyl (C=O) groups excluding carboxylic acids is 2. The number of nitrogens with one attached hydrogen (secondary N) is 2. The Morgan fingerprint density at radius 2 is 1.41 bits per heavy atom. The third-order valence-corrected chi connectivity index (χ3v) is 4.62. The molecule has 2 aromatic carbocycles. The molecule has 0 spiro atoms. The largest absolute Gasteiger partial charge is 0.493 e. The zero-order valence-corrected chi connectivity index (χ0v) is 18.7. The zero-order valence-electron chi connectivity index (χ0n) is 18.7. The van der Waals surface area contributed by atoms with Crippen molar-refractivity contribution in [2.45, 2.75) is 6.10 Å². The van der Waals surface area contributed by atoms with Crippen LogP contribution in [0, 0.1) is 0 Å². The number of ether oxygens (including phenoxy) is 5. The highest BCUT2D eigenvalue weighted by molar-refractivity contribution is 5.97. The molecule has 0 aliphatic carbocycles. The Morgan fingerprint density at radius 3 is 1.94 bits per heavy atom. The number of aliphatic hydroxyl groups is 1. The maximum Gasteiger partial charge on any atom is 0.251 e. The third kappa shape index (κ3) is 5.94. The standard InChI is InChI=1S/C22H28N2O8/c1-28-16-7-6-13(8-17(16)29-2)15(25)11-23-20(26)12-24-22(27)14-9-18(30-3)21(32-5)19(10-14)31-4/h6-10,15,25H,11-12H2,1-5H3,(H,23,26)(H,24,27). The van der Waals surface area contributed by atoms with Gasteiger partial charge in [-0.1, -0.05) is 6.07 Å². The Hall–Kier alpha value is -3.66. The van der Waals surface area contributed by atoms with Crippen LogP contribution in [0.2, 0.25) is 0 Å². The summed E-state index contributed by atoms with van der Waals surface area (Å²) < 4.78 is 26.0. The summed E-state index contributed by atoms with van der Waals surface area (Å²) in [4.78, 5) is 24.6. The van der Waals surface area contributed by atoms with Gasteiger partial charge in [0.1, 0.15) is 0 Å². The van der Waals surface area contributed by atoms with Gasteiger partial charge in [0.15, 0.2) is 23.0 Å². The fraction of sp³-hybridized carbons (Fsp3) is 0.364. The summed E-state index contributed by atoms with van der Waals surface area (Å²) in [5.74, 6) is 1.02. The van der Waals surface area contributed by atoms with E-state index in [1.54, 1.807) is 18.2 Å². The van der Waals surface area contributed by atoms with Crippen molar-refractivity contribution in [2.24, 2.45) is 0 Å². The number of methoxy groups -OCH3 is 5. The van der Waals surface area contributed by atoms with Gasteiger partial charge in [-0.25, -0.2) is 0 Å². The van der Waals surface area contributed by atoms with Crippen molar-refractivity contribution in [1.82, 2.24) is 10.6 Å². The molecule has 0 saturated carbocycles. The molecule has 0 saturated heterocycles. The van der Waals surface area contributed by atoms with Crippen molar-refractivity contribution in [2.75, 3.05) is 48.6 Å². The van der Waals surface area contributed by atoms with Crippen LogP contribution >= 0.6 is 0 Å². The number of carbonyl (C=O) groups is 2. The highest BCUT2D eigenvalue weighted by Gasteiger charge is 2.18. The molecule has 174 valence electrons. The molecule has 0 aliphatic heterocycles. The Labute approximate surface area is 186 Å². The number of rotatable bonds is 11. The second kappa shape index (κ2) is 11.7. The number of amides is 2. The fourth-order valence-electron chi connectivity index (χ4n) is 2.93. The highest BCUT2D eigenvalue weighted by Crippen LogP contribution is 2.38. The second-order valence-corrected chi connectivity index (χ2v) is 6.53. The molecule has 0 heterocycles. The van der Waals surface area contributed by atoms with Crippen molar-refractivity contribution in [3.8, 4) is 28.7 Å². The predicted octanol–water partition coefficient (Wildman–Crippen LogP) is 1.31. The van der Waals surface area contributed by atoms with E-state index in [4.69, 9.17) is 23.7 Å². The van der Waals surface area contributed by atoms with Crippen LogP contribution in [-0.2, 0) is 4.79 Å². The lowest BCUT2D eigenvalue weighted by atomic mass is 10.1. The molecule has 0 aliphatic rings. The van der Waals surface area contributed by atoms with Crippen LogP contribution in [0.5, 0.6) is 28.7 Å². The van der Waals surface area contributed by atoms with E-state index in [2.05, 4.69) is 10.6 Å². The summed E-state index contributed by atoms with van der Waals surface area (Å²) in [5.41, 5.74) is 0.780. The van der Waals surface area contributed by atoms with Crippen LogP contribution in [0.3, 0.4) is 0 Å². The summed E-state index contributed by atoms with van der Waals surface area (Å²) >= 11 is 0. The summed E-state index contributed by atoms with van der Waals surface area (Å²) in [5, 5.41) is 15.4. The Bertz CT molecular complexity index is 923. The summed E-state index contributed by atoms with van der Waals surface area (Å²) in [7, 11) is 7.35. The average Bonchev–Trinajstić information content (AvgIpc) is 2.83. The number of aliphatic hydroxyl groups excluding tert-OH is 1. The Morgan fingerprint density at radius 1 is 0.812 bits per heavy atom. The van der Waals surface area contributed by atoms with Gasteiger partial charge in [-0.05, 0) is 29.8 Å². The quantitative estimate of drug-likeness (QED) is 0.470. The summed E-state index contributed by atoms with van der Waals surface area (Å²) in [6.07, 6.45) is -0.968. The van der Waals surface area contributed by atoms with Gasteiger partial charge in [0.05, 0.1) is 48.2 Å². The van der Waals surface area contributed by atoms with E-state index in [9.17, 15) is 14.7 Å². The van der Waals surface area contributed by atoms with Gasteiger partial charge in [-0.15, -0.1) is 0 Å². The average molecular weight is 448 g/mol. The molecular formula is C22H28N2O8. The molecule has 32 heavy (non-hydrogen) atoms. The van der Waals surface area contributed by atoms with Gasteiger partial charge >= 0.3 is 0 Å². The van der Waals surface area contributed by atoms with Gasteiger partial charge in [-0.3, -0.25) is 9.59 Å². The molecule has 10 heteroatoms. The van der Waals surface area contributed by atoms with Gasteiger partial charge in [0, 0.05) is 12.1 Å². The van der Waals surface area contributed by atoms with Gasteiger partial charge in [-0.2, -0.15) is 0 Å². The normalized spacial score (nSPS) is 11.2. The summed E-state index contributed by atoms with van der Waals surface area (Å²) in [6.45, 7) is -0.331. The van der Waals surface area contributed by atoms with E-state index in [-0.39, 0.29) is 18.7 Å². The first-order valence-corrected chi connectivity index (χ1v) is 9.63. The lowest BCUT2D eigenvalue weighted by Crippen LogP contribution is -2.38. The molecule has 2 amide bonds. The van der Waals surface area contributed by atoms with Crippen LogP contribution in [-0.4, -0.2) is 65.6 Å². The number of hydrogen-bond acceptors (Lipinski definition) is 8. The van der Waals surface area contributed by atoms with Crippen molar-refractivity contribution in [3.05, 3.63) is 41.5 Å². The van der Waals surface area contributed by atoms with E-state index in [1.807, 2.05) is 0 Å². The molecule has 0 fully saturated rings. The van der Waals surface area contributed by atoms with E-state index in [1.165, 1.54) is 47.7 Å². The Balaban J connectivity index is 1.93. The maximum absolute atomic E-state index is 12.5. The first kappa shape index (κ1) is 24.6. The van der Waals surface area contributed by atoms with E-state index < -0.39 is 17.9 Å². The molecule has 2 rings (SSSR count). The fourth-order valence-corrected chi connectivity index (χ4v) is 2.93.